The lowest BCUT2D eigenvalue weighted by molar-refractivity contribution is 0.0731. The van der Waals surface area contributed by atoms with Crippen LogP contribution in [0.1, 0.15) is 39.2 Å². The number of hydrogen-bond acceptors (Lipinski definition) is 5. The minimum absolute atomic E-state index is 0.126. The number of aryl methyl sites for hydroxylation is 2. The van der Waals surface area contributed by atoms with E-state index in [4.69, 9.17) is 4.74 Å². The van der Waals surface area contributed by atoms with Gasteiger partial charge in [0.1, 0.15) is 4.21 Å². The van der Waals surface area contributed by atoms with Crippen molar-refractivity contribution in [3.8, 4) is 0 Å². The van der Waals surface area contributed by atoms with Crippen LogP contribution in [0, 0.1) is 0 Å². The van der Waals surface area contributed by atoms with Crippen LogP contribution in [0.2, 0.25) is 0 Å². The van der Waals surface area contributed by atoms with E-state index in [-0.39, 0.29) is 5.91 Å². The molecule has 0 atom stereocenters. The van der Waals surface area contributed by atoms with Crippen LogP contribution in [0.4, 0.5) is 0 Å². The predicted molar refractivity (Wildman–Crippen MR) is 108 cm³/mol. The summed E-state index contributed by atoms with van der Waals surface area (Å²) in [5.74, 6) is -0.126. The van der Waals surface area contributed by atoms with Crippen LogP contribution in [0.5, 0.6) is 0 Å². The molecule has 1 aromatic carbocycles. The van der Waals surface area contributed by atoms with Crippen LogP contribution >= 0.6 is 11.3 Å². The second-order valence-corrected chi connectivity index (χ2v) is 10.4. The van der Waals surface area contributed by atoms with E-state index < -0.39 is 10.0 Å². The summed E-state index contributed by atoms with van der Waals surface area (Å²) in [6.07, 6.45) is 4.51. The Morgan fingerprint density at radius 1 is 1.07 bits per heavy atom. The first-order valence-corrected chi connectivity index (χ1v) is 11.9. The Bertz CT molecular complexity index is 962. The number of rotatable bonds is 5. The van der Waals surface area contributed by atoms with Gasteiger partial charge in [0.05, 0.1) is 19.8 Å². The van der Waals surface area contributed by atoms with Crippen molar-refractivity contribution in [2.45, 2.75) is 36.4 Å². The van der Waals surface area contributed by atoms with Gasteiger partial charge in [0.25, 0.3) is 15.9 Å². The summed E-state index contributed by atoms with van der Waals surface area (Å²) in [6.45, 7) is 1.93. The summed E-state index contributed by atoms with van der Waals surface area (Å²) in [5, 5.41) is 2.91. The zero-order valence-corrected chi connectivity index (χ0v) is 17.3. The smallest absolute Gasteiger partial charge is 0.252 e. The van der Waals surface area contributed by atoms with Gasteiger partial charge in [-0.25, -0.2) is 8.42 Å². The Labute approximate surface area is 169 Å². The molecule has 1 aromatic heterocycles. The number of amides is 1. The van der Waals surface area contributed by atoms with E-state index in [0.717, 1.165) is 17.7 Å². The number of nitrogens with zero attached hydrogens (tertiary/aromatic N) is 1. The topological polar surface area (TPSA) is 75.7 Å². The molecule has 150 valence electrons. The number of ether oxygens (including phenoxy) is 1. The highest BCUT2D eigenvalue weighted by Gasteiger charge is 2.27. The second kappa shape index (κ2) is 8.32. The number of fused-ring (bicyclic) bond motifs is 1. The zero-order chi connectivity index (χ0) is 19.6. The van der Waals surface area contributed by atoms with E-state index >= 15 is 0 Å². The summed E-state index contributed by atoms with van der Waals surface area (Å²) in [6, 6.07) is 9.32. The Morgan fingerprint density at radius 2 is 1.82 bits per heavy atom. The molecule has 28 heavy (non-hydrogen) atoms. The number of carbonyl (C=O) groups excluding carboxylic acids is 1. The first-order chi connectivity index (χ1) is 13.5. The number of benzene rings is 1. The molecule has 2 aromatic rings. The molecule has 0 unspecified atom stereocenters. The second-order valence-electron chi connectivity index (χ2n) is 7.11. The van der Waals surface area contributed by atoms with E-state index in [1.54, 1.807) is 12.1 Å². The maximum atomic E-state index is 12.7. The minimum atomic E-state index is -3.48. The van der Waals surface area contributed by atoms with Gasteiger partial charge in [0, 0.05) is 23.5 Å². The van der Waals surface area contributed by atoms with Gasteiger partial charge in [-0.1, -0.05) is 6.07 Å². The maximum Gasteiger partial charge on any atom is 0.252 e. The van der Waals surface area contributed by atoms with E-state index in [1.165, 1.54) is 39.6 Å². The average molecular weight is 421 g/mol. The van der Waals surface area contributed by atoms with Crippen LogP contribution in [-0.2, 0) is 34.1 Å². The molecule has 1 saturated heterocycles. The van der Waals surface area contributed by atoms with Crippen molar-refractivity contribution >= 4 is 27.3 Å². The number of thiophene rings is 1. The molecule has 0 bridgehead atoms. The number of sulfonamides is 1. The highest BCUT2D eigenvalue weighted by molar-refractivity contribution is 7.91. The standard InChI is InChI=1S/C20H24N2O4S2/c23-20(17-6-5-15-3-1-2-4-16(15)13-17)21-14-18-7-8-19(27-18)28(24,25)22-9-11-26-12-10-22/h5-8,13H,1-4,9-12,14H2,(H,21,23). The highest BCUT2D eigenvalue weighted by Crippen LogP contribution is 2.26. The summed E-state index contributed by atoms with van der Waals surface area (Å²) in [7, 11) is -3.48. The van der Waals surface area contributed by atoms with Crippen molar-refractivity contribution in [1.82, 2.24) is 9.62 Å². The molecule has 1 fully saturated rings. The number of carbonyl (C=O) groups is 1. The summed E-state index contributed by atoms with van der Waals surface area (Å²) in [5.41, 5.74) is 3.28. The van der Waals surface area contributed by atoms with Gasteiger partial charge < -0.3 is 10.1 Å². The van der Waals surface area contributed by atoms with Gasteiger partial charge in [0.15, 0.2) is 0 Å². The van der Waals surface area contributed by atoms with Crippen LogP contribution in [0.3, 0.4) is 0 Å². The van der Waals surface area contributed by atoms with Crippen LogP contribution < -0.4 is 5.32 Å². The van der Waals surface area contributed by atoms with E-state index in [2.05, 4.69) is 11.4 Å². The molecule has 2 heterocycles. The highest BCUT2D eigenvalue weighted by atomic mass is 32.2. The zero-order valence-electron chi connectivity index (χ0n) is 15.6. The lowest BCUT2D eigenvalue weighted by atomic mass is 9.90. The molecule has 1 N–H and O–H groups in total. The molecular formula is C20H24N2O4S2. The molecule has 0 saturated carbocycles. The van der Waals surface area contributed by atoms with Crippen molar-refractivity contribution in [3.63, 3.8) is 0 Å². The monoisotopic (exact) mass is 420 g/mol. The van der Waals surface area contributed by atoms with Crippen LogP contribution in [0.15, 0.2) is 34.5 Å². The predicted octanol–water partition coefficient (Wildman–Crippen LogP) is 2.58. The molecule has 0 radical (unpaired) electrons. The van der Waals surface area contributed by atoms with Gasteiger partial charge in [0.2, 0.25) is 0 Å². The van der Waals surface area contributed by atoms with Crippen molar-refractivity contribution < 1.29 is 17.9 Å². The molecule has 2 aliphatic rings. The maximum absolute atomic E-state index is 12.7. The molecule has 1 amide bonds. The lowest BCUT2D eigenvalue weighted by Gasteiger charge is -2.25. The molecule has 8 heteroatoms. The van der Waals surface area contributed by atoms with E-state index in [0.29, 0.717) is 42.6 Å². The van der Waals surface area contributed by atoms with Crippen molar-refractivity contribution in [2.24, 2.45) is 0 Å². The summed E-state index contributed by atoms with van der Waals surface area (Å²) >= 11 is 1.21. The average Bonchev–Trinajstić information content (AvgIpc) is 3.22. The first kappa shape index (κ1) is 19.6. The molecule has 1 aliphatic heterocycles. The molecule has 6 nitrogen and oxygen atoms in total. The normalized spacial score (nSPS) is 17.9. The Balaban J connectivity index is 1.40. The Morgan fingerprint density at radius 3 is 2.61 bits per heavy atom. The Kier molecular flexibility index (Phi) is 5.82. The fraction of sp³-hybridized carbons (Fsp3) is 0.450. The lowest BCUT2D eigenvalue weighted by Crippen LogP contribution is -2.40. The van der Waals surface area contributed by atoms with Gasteiger partial charge in [-0.05, 0) is 61.1 Å². The minimum Gasteiger partial charge on any atom is -0.379 e. The van der Waals surface area contributed by atoms with Gasteiger partial charge in [-0.2, -0.15) is 4.31 Å². The first-order valence-electron chi connectivity index (χ1n) is 9.61. The third kappa shape index (κ3) is 4.15. The number of nitrogens with one attached hydrogen (secondary N) is 1. The third-order valence-electron chi connectivity index (χ3n) is 5.24. The summed E-state index contributed by atoms with van der Waals surface area (Å²) in [4.78, 5) is 13.3. The summed E-state index contributed by atoms with van der Waals surface area (Å²) < 4.78 is 32.4. The van der Waals surface area contributed by atoms with E-state index in [1.807, 2.05) is 12.1 Å². The molecule has 4 rings (SSSR count). The van der Waals surface area contributed by atoms with Crippen molar-refractivity contribution in [3.05, 3.63) is 51.9 Å². The fourth-order valence-electron chi connectivity index (χ4n) is 3.65. The fourth-order valence-corrected chi connectivity index (χ4v) is 6.51. The molecular weight excluding hydrogens is 396 g/mol. The van der Waals surface area contributed by atoms with Crippen LogP contribution in [-0.4, -0.2) is 44.9 Å². The van der Waals surface area contributed by atoms with Crippen LogP contribution in [0.25, 0.3) is 0 Å². The number of hydrogen-bond donors (Lipinski definition) is 1. The van der Waals surface area contributed by atoms with E-state index in [9.17, 15) is 13.2 Å². The number of morpholine rings is 1. The van der Waals surface area contributed by atoms with Crippen molar-refractivity contribution in [2.75, 3.05) is 26.3 Å². The van der Waals surface area contributed by atoms with Gasteiger partial charge in [-0.15, -0.1) is 11.3 Å². The molecule has 1 aliphatic carbocycles. The largest absolute Gasteiger partial charge is 0.379 e. The quantitative estimate of drug-likeness (QED) is 0.807. The van der Waals surface area contributed by atoms with Crippen molar-refractivity contribution in [1.29, 1.82) is 0 Å². The Hall–Kier alpha value is -1.74. The van der Waals surface area contributed by atoms with Gasteiger partial charge >= 0.3 is 0 Å². The molecule has 0 spiro atoms. The third-order valence-corrected chi connectivity index (χ3v) is 8.69. The van der Waals surface area contributed by atoms with Gasteiger partial charge in [-0.3, -0.25) is 4.79 Å². The SMILES string of the molecule is O=C(NCc1ccc(S(=O)(=O)N2CCOCC2)s1)c1ccc2c(c1)CCCC2.